The fourth-order valence-corrected chi connectivity index (χ4v) is 1.70. The summed E-state index contributed by atoms with van der Waals surface area (Å²) in [4.78, 5) is 4.85. The van der Waals surface area contributed by atoms with Gasteiger partial charge in [0.2, 0.25) is 6.20 Å². The van der Waals surface area contributed by atoms with Crippen molar-refractivity contribution in [2.75, 3.05) is 7.11 Å². The van der Waals surface area contributed by atoms with Gasteiger partial charge in [0.05, 0.1) is 12.2 Å². The molecule has 0 N–H and O–H groups in total. The molecule has 0 atom stereocenters. The van der Waals surface area contributed by atoms with Crippen molar-refractivity contribution in [2.24, 2.45) is 0 Å². The molecular formula is C12H16F2NO2+. The van der Waals surface area contributed by atoms with Crippen molar-refractivity contribution < 1.29 is 23.1 Å². The average molecular weight is 244 g/mol. The molecule has 1 heterocycles. The molecule has 0 unspecified atom stereocenters. The van der Waals surface area contributed by atoms with Crippen LogP contribution in [0.1, 0.15) is 31.9 Å². The van der Waals surface area contributed by atoms with Gasteiger partial charge in [-0.15, -0.1) is 0 Å². The minimum absolute atomic E-state index is 0.173. The molecule has 0 radical (unpaired) electrons. The highest BCUT2D eigenvalue weighted by Gasteiger charge is 2.37. The first-order valence-corrected chi connectivity index (χ1v) is 5.66. The molecule has 0 spiro atoms. The van der Waals surface area contributed by atoms with Gasteiger partial charge in [0, 0.05) is 17.7 Å². The standard InChI is InChI=1S/C12H16F2NO2/c1-12(13,14)11-8-10(6-7-15(11)16-2)17-9-4-3-5-9/h6-9H,3-5H2,1-2H3/q+1. The largest absolute Gasteiger partial charge is 0.490 e. The molecule has 0 aliphatic heterocycles. The van der Waals surface area contributed by atoms with E-state index in [2.05, 4.69) is 0 Å². The predicted octanol–water partition coefficient (Wildman–Crippen LogP) is 2.08. The highest BCUT2D eigenvalue weighted by Crippen LogP contribution is 2.29. The van der Waals surface area contributed by atoms with Gasteiger partial charge in [-0.05, 0) is 19.3 Å². The second-order valence-electron chi connectivity index (χ2n) is 4.32. The van der Waals surface area contributed by atoms with E-state index in [0.29, 0.717) is 5.75 Å². The zero-order chi connectivity index (χ0) is 12.5. The summed E-state index contributed by atoms with van der Waals surface area (Å²) in [5.74, 6) is -2.49. The van der Waals surface area contributed by atoms with Crippen LogP contribution in [0.3, 0.4) is 0 Å². The first kappa shape index (κ1) is 12.1. The molecule has 0 bridgehead atoms. The fourth-order valence-electron chi connectivity index (χ4n) is 1.70. The summed E-state index contributed by atoms with van der Waals surface area (Å²) in [5.41, 5.74) is -0.211. The van der Waals surface area contributed by atoms with Gasteiger partial charge in [-0.25, -0.2) is 0 Å². The zero-order valence-corrected chi connectivity index (χ0v) is 9.95. The summed E-state index contributed by atoms with van der Waals surface area (Å²) in [6.45, 7) is 0.838. The van der Waals surface area contributed by atoms with Crippen molar-refractivity contribution in [2.45, 2.75) is 38.2 Å². The Morgan fingerprint density at radius 3 is 2.59 bits per heavy atom. The molecule has 2 rings (SSSR count). The molecule has 0 saturated heterocycles. The van der Waals surface area contributed by atoms with Crippen LogP contribution in [-0.2, 0) is 5.92 Å². The lowest BCUT2D eigenvalue weighted by Crippen LogP contribution is -2.47. The molecule has 5 heteroatoms. The Labute approximate surface area is 98.9 Å². The smallest absolute Gasteiger partial charge is 0.332 e. The van der Waals surface area contributed by atoms with E-state index in [1.165, 1.54) is 19.4 Å². The number of pyridine rings is 1. The monoisotopic (exact) mass is 244 g/mol. The van der Waals surface area contributed by atoms with Crippen LogP contribution >= 0.6 is 0 Å². The normalized spacial score (nSPS) is 16.5. The van der Waals surface area contributed by atoms with E-state index in [1.54, 1.807) is 6.07 Å². The molecule has 3 nitrogen and oxygen atoms in total. The Bertz CT molecular complexity index is 400. The number of nitrogens with zero attached hydrogens (tertiary/aromatic N) is 1. The summed E-state index contributed by atoms with van der Waals surface area (Å²) in [5, 5.41) is 0. The van der Waals surface area contributed by atoms with Gasteiger partial charge < -0.3 is 4.74 Å². The minimum Gasteiger partial charge on any atom is -0.490 e. The highest BCUT2D eigenvalue weighted by atomic mass is 19.3. The molecule has 0 amide bonds. The van der Waals surface area contributed by atoms with Crippen molar-refractivity contribution in [1.82, 2.24) is 0 Å². The molecule has 0 aromatic carbocycles. The maximum absolute atomic E-state index is 13.4. The summed E-state index contributed by atoms with van der Waals surface area (Å²) >= 11 is 0. The quantitative estimate of drug-likeness (QED) is 0.757. The molecule has 1 fully saturated rings. The van der Waals surface area contributed by atoms with E-state index >= 15 is 0 Å². The number of aromatic nitrogens is 1. The Hall–Kier alpha value is -1.39. The van der Waals surface area contributed by atoms with Crippen molar-refractivity contribution in [3.63, 3.8) is 0 Å². The predicted molar refractivity (Wildman–Crippen MR) is 57.0 cm³/mol. The van der Waals surface area contributed by atoms with Crippen LogP contribution in [0.4, 0.5) is 8.78 Å². The lowest BCUT2D eigenvalue weighted by atomic mass is 9.96. The van der Waals surface area contributed by atoms with Crippen LogP contribution in [0.2, 0.25) is 0 Å². The number of halogens is 2. The van der Waals surface area contributed by atoms with Gasteiger partial charge in [-0.1, -0.05) is 0 Å². The fraction of sp³-hybridized carbons (Fsp3) is 0.583. The molecule has 1 aromatic heterocycles. The van der Waals surface area contributed by atoms with E-state index in [4.69, 9.17) is 9.57 Å². The van der Waals surface area contributed by atoms with E-state index < -0.39 is 5.92 Å². The van der Waals surface area contributed by atoms with Gasteiger partial charge in [0.25, 0.3) is 0 Å². The van der Waals surface area contributed by atoms with Crippen LogP contribution in [0.15, 0.2) is 18.3 Å². The average Bonchev–Trinajstić information content (AvgIpc) is 2.22. The molecule has 17 heavy (non-hydrogen) atoms. The van der Waals surface area contributed by atoms with Crippen molar-refractivity contribution in [1.29, 1.82) is 0 Å². The molecule has 94 valence electrons. The number of hydrogen-bond donors (Lipinski definition) is 0. The van der Waals surface area contributed by atoms with Crippen molar-refractivity contribution >= 4 is 0 Å². The maximum Gasteiger partial charge on any atom is 0.332 e. The molecule has 1 aliphatic carbocycles. The van der Waals surface area contributed by atoms with E-state index in [0.717, 1.165) is 30.9 Å². The van der Waals surface area contributed by atoms with Crippen LogP contribution in [0.5, 0.6) is 5.75 Å². The lowest BCUT2D eigenvalue weighted by molar-refractivity contribution is -0.894. The van der Waals surface area contributed by atoms with Crippen LogP contribution in [-0.4, -0.2) is 13.2 Å². The first-order chi connectivity index (χ1) is 8.00. The van der Waals surface area contributed by atoms with Gasteiger partial charge in [0.15, 0.2) is 0 Å². The zero-order valence-electron chi connectivity index (χ0n) is 9.95. The number of ether oxygens (including phenoxy) is 1. The maximum atomic E-state index is 13.4. The Kier molecular flexibility index (Phi) is 3.17. The number of alkyl halides is 2. The number of hydrogen-bond acceptors (Lipinski definition) is 2. The van der Waals surface area contributed by atoms with Gasteiger partial charge >= 0.3 is 11.6 Å². The van der Waals surface area contributed by atoms with Gasteiger partial charge in [-0.3, -0.25) is 4.84 Å². The topological polar surface area (TPSA) is 22.3 Å². The van der Waals surface area contributed by atoms with E-state index in [-0.39, 0.29) is 11.8 Å². The summed E-state index contributed by atoms with van der Waals surface area (Å²) in [7, 11) is 1.35. The minimum atomic E-state index is -2.96. The highest BCUT2D eigenvalue weighted by molar-refractivity contribution is 5.22. The summed E-state index contributed by atoms with van der Waals surface area (Å²) in [6, 6.07) is 2.97. The summed E-state index contributed by atoms with van der Waals surface area (Å²) < 4.78 is 33.4. The van der Waals surface area contributed by atoms with E-state index in [1.807, 2.05) is 0 Å². The SMILES string of the molecule is CO[n+]1ccc(OC2CCC2)cc1C(C)(F)F. The Balaban J connectivity index is 2.24. The number of rotatable bonds is 4. The van der Waals surface area contributed by atoms with Crippen LogP contribution in [0.25, 0.3) is 0 Å². The molecule has 1 saturated carbocycles. The third-order valence-electron chi connectivity index (χ3n) is 2.89. The van der Waals surface area contributed by atoms with Gasteiger partial charge in [-0.2, -0.15) is 8.78 Å². The third kappa shape index (κ3) is 2.65. The van der Waals surface area contributed by atoms with Crippen molar-refractivity contribution in [3.8, 4) is 5.75 Å². The first-order valence-electron chi connectivity index (χ1n) is 5.66. The third-order valence-corrected chi connectivity index (χ3v) is 2.89. The Morgan fingerprint density at radius 1 is 1.41 bits per heavy atom. The Morgan fingerprint density at radius 2 is 2.12 bits per heavy atom. The van der Waals surface area contributed by atoms with Crippen molar-refractivity contribution in [3.05, 3.63) is 24.0 Å². The van der Waals surface area contributed by atoms with Crippen LogP contribution in [0, 0.1) is 0 Å². The molecular weight excluding hydrogens is 228 g/mol. The second kappa shape index (κ2) is 4.47. The molecule has 1 aliphatic rings. The van der Waals surface area contributed by atoms with Gasteiger partial charge in [0.1, 0.15) is 12.9 Å². The van der Waals surface area contributed by atoms with Crippen LogP contribution < -0.4 is 14.3 Å². The second-order valence-corrected chi connectivity index (χ2v) is 4.32. The molecule has 1 aromatic rings. The summed E-state index contributed by atoms with van der Waals surface area (Å²) in [6.07, 6.45) is 4.76. The lowest BCUT2D eigenvalue weighted by Gasteiger charge is -2.26. The van der Waals surface area contributed by atoms with E-state index in [9.17, 15) is 8.78 Å².